The Balaban J connectivity index is 2.20. The summed E-state index contributed by atoms with van der Waals surface area (Å²) in [6, 6.07) is 15.3. The molecule has 118 valence electrons. The van der Waals surface area contributed by atoms with Gasteiger partial charge >= 0.3 is 5.63 Å². The van der Waals surface area contributed by atoms with Crippen molar-refractivity contribution in [2.75, 3.05) is 7.11 Å². The summed E-state index contributed by atoms with van der Waals surface area (Å²) in [5.74, 6) is 0.735. The lowest BCUT2D eigenvalue weighted by Crippen LogP contribution is -2.10. The van der Waals surface area contributed by atoms with Crippen LogP contribution in [0.4, 0.5) is 0 Å². The van der Waals surface area contributed by atoms with Crippen LogP contribution >= 0.6 is 0 Å². The van der Waals surface area contributed by atoms with Gasteiger partial charge in [0, 0.05) is 11.5 Å². The molecule has 1 aromatic heterocycles. The number of benzene rings is 2. The molecule has 0 atom stereocenters. The number of ether oxygens (including phenoxy) is 1. The molecular formula is C20H20O3. The van der Waals surface area contributed by atoms with Gasteiger partial charge in [-0.3, -0.25) is 0 Å². The van der Waals surface area contributed by atoms with Gasteiger partial charge in [-0.15, -0.1) is 0 Å². The Kier molecular flexibility index (Phi) is 3.72. The van der Waals surface area contributed by atoms with E-state index in [9.17, 15) is 4.79 Å². The van der Waals surface area contributed by atoms with E-state index in [1.54, 1.807) is 19.2 Å². The highest BCUT2D eigenvalue weighted by Gasteiger charge is 2.14. The van der Waals surface area contributed by atoms with Gasteiger partial charge in [0.15, 0.2) is 0 Å². The second-order valence-corrected chi connectivity index (χ2v) is 6.67. The molecule has 0 unspecified atom stereocenters. The molecule has 0 fully saturated rings. The summed E-state index contributed by atoms with van der Waals surface area (Å²) in [7, 11) is 1.62. The predicted molar refractivity (Wildman–Crippen MR) is 93.2 cm³/mol. The average molecular weight is 308 g/mol. The van der Waals surface area contributed by atoms with Gasteiger partial charge in [0.2, 0.25) is 0 Å². The standard InChI is InChI=1S/C20H20O3/c1-20(2,3)14-7-5-13(6-8-14)16-12-19(21)23-18-10-9-15(22-4)11-17(16)18/h5-12H,1-4H3. The Morgan fingerprint density at radius 2 is 1.65 bits per heavy atom. The molecule has 23 heavy (non-hydrogen) atoms. The minimum atomic E-state index is -0.349. The molecule has 0 aliphatic rings. The molecule has 0 radical (unpaired) electrons. The van der Waals surface area contributed by atoms with E-state index < -0.39 is 0 Å². The van der Waals surface area contributed by atoms with Crippen molar-refractivity contribution in [3.05, 3.63) is 64.5 Å². The van der Waals surface area contributed by atoms with Crippen LogP contribution in [-0.2, 0) is 5.41 Å². The monoisotopic (exact) mass is 308 g/mol. The van der Waals surface area contributed by atoms with Crippen LogP contribution < -0.4 is 10.4 Å². The molecular weight excluding hydrogens is 288 g/mol. The van der Waals surface area contributed by atoms with Crippen LogP contribution in [0.5, 0.6) is 5.75 Å². The first-order chi connectivity index (χ1) is 10.9. The first-order valence-corrected chi connectivity index (χ1v) is 7.61. The third-order valence-corrected chi connectivity index (χ3v) is 4.01. The van der Waals surface area contributed by atoms with Gasteiger partial charge in [-0.25, -0.2) is 4.79 Å². The fourth-order valence-electron chi connectivity index (χ4n) is 2.66. The lowest BCUT2D eigenvalue weighted by Gasteiger charge is -2.19. The quantitative estimate of drug-likeness (QED) is 0.640. The largest absolute Gasteiger partial charge is 0.497 e. The maximum atomic E-state index is 11.9. The predicted octanol–water partition coefficient (Wildman–Crippen LogP) is 4.77. The van der Waals surface area contributed by atoms with E-state index in [2.05, 4.69) is 32.9 Å². The summed E-state index contributed by atoms with van der Waals surface area (Å²) in [6.07, 6.45) is 0. The normalized spacial score (nSPS) is 11.7. The van der Waals surface area contributed by atoms with E-state index >= 15 is 0 Å². The molecule has 0 amide bonds. The third kappa shape index (κ3) is 3.00. The van der Waals surface area contributed by atoms with E-state index in [1.165, 1.54) is 11.6 Å². The Labute approximate surface area is 135 Å². The van der Waals surface area contributed by atoms with Crippen LogP contribution in [0.2, 0.25) is 0 Å². The van der Waals surface area contributed by atoms with Crippen LogP contribution in [0.1, 0.15) is 26.3 Å². The summed E-state index contributed by atoms with van der Waals surface area (Å²) >= 11 is 0. The zero-order valence-electron chi connectivity index (χ0n) is 13.8. The van der Waals surface area contributed by atoms with Crippen LogP contribution in [0, 0.1) is 0 Å². The Morgan fingerprint density at radius 3 is 2.26 bits per heavy atom. The molecule has 0 N–H and O–H groups in total. The maximum Gasteiger partial charge on any atom is 0.336 e. The number of methoxy groups -OCH3 is 1. The fourth-order valence-corrected chi connectivity index (χ4v) is 2.66. The zero-order valence-corrected chi connectivity index (χ0v) is 13.8. The van der Waals surface area contributed by atoms with Gasteiger partial charge in [-0.2, -0.15) is 0 Å². The van der Waals surface area contributed by atoms with Gasteiger partial charge in [0.05, 0.1) is 7.11 Å². The average Bonchev–Trinajstić information content (AvgIpc) is 2.53. The van der Waals surface area contributed by atoms with E-state index in [0.29, 0.717) is 5.58 Å². The van der Waals surface area contributed by atoms with Gasteiger partial charge in [0.1, 0.15) is 11.3 Å². The highest BCUT2D eigenvalue weighted by molar-refractivity contribution is 5.94. The molecule has 3 heteroatoms. The molecule has 0 aliphatic carbocycles. The number of rotatable bonds is 2. The Bertz CT molecular complexity index is 897. The van der Waals surface area contributed by atoms with Crippen molar-refractivity contribution in [2.45, 2.75) is 26.2 Å². The van der Waals surface area contributed by atoms with Crippen molar-refractivity contribution in [1.82, 2.24) is 0 Å². The molecule has 3 aromatic rings. The molecule has 0 spiro atoms. The molecule has 1 heterocycles. The molecule has 3 rings (SSSR count). The smallest absolute Gasteiger partial charge is 0.336 e. The van der Waals surface area contributed by atoms with Crippen LogP contribution in [0.15, 0.2) is 57.7 Å². The first-order valence-electron chi connectivity index (χ1n) is 7.61. The van der Waals surface area contributed by atoms with Crippen LogP contribution in [0.3, 0.4) is 0 Å². The van der Waals surface area contributed by atoms with Crippen LogP contribution in [0.25, 0.3) is 22.1 Å². The van der Waals surface area contributed by atoms with Gasteiger partial charge < -0.3 is 9.15 Å². The zero-order chi connectivity index (χ0) is 16.6. The number of hydrogen-bond donors (Lipinski definition) is 0. The Morgan fingerprint density at radius 1 is 0.957 bits per heavy atom. The van der Waals surface area contributed by atoms with Gasteiger partial charge in [-0.1, -0.05) is 45.0 Å². The van der Waals surface area contributed by atoms with E-state index in [1.807, 2.05) is 18.2 Å². The second-order valence-electron chi connectivity index (χ2n) is 6.67. The maximum absolute atomic E-state index is 11.9. The third-order valence-electron chi connectivity index (χ3n) is 4.01. The summed E-state index contributed by atoms with van der Waals surface area (Å²) in [6.45, 7) is 6.54. The summed E-state index contributed by atoms with van der Waals surface area (Å²) in [4.78, 5) is 11.9. The van der Waals surface area contributed by atoms with Gasteiger partial charge in [0.25, 0.3) is 0 Å². The van der Waals surface area contributed by atoms with Crippen molar-refractivity contribution >= 4 is 11.0 Å². The highest BCUT2D eigenvalue weighted by Crippen LogP contribution is 2.31. The number of hydrogen-bond acceptors (Lipinski definition) is 3. The van der Waals surface area contributed by atoms with E-state index in [4.69, 9.17) is 9.15 Å². The molecule has 0 aliphatic heterocycles. The molecule has 2 aromatic carbocycles. The molecule has 0 saturated heterocycles. The summed E-state index contributed by atoms with van der Waals surface area (Å²) in [5, 5.41) is 0.868. The molecule has 0 bridgehead atoms. The summed E-state index contributed by atoms with van der Waals surface area (Å²) in [5.41, 5.74) is 3.41. The van der Waals surface area contributed by atoms with Crippen LogP contribution in [-0.4, -0.2) is 7.11 Å². The van der Waals surface area contributed by atoms with Crippen molar-refractivity contribution < 1.29 is 9.15 Å². The van der Waals surface area contributed by atoms with E-state index in [-0.39, 0.29) is 11.0 Å². The van der Waals surface area contributed by atoms with Gasteiger partial charge in [-0.05, 0) is 40.3 Å². The lowest BCUT2D eigenvalue weighted by molar-refractivity contribution is 0.415. The van der Waals surface area contributed by atoms with Crippen molar-refractivity contribution in [3.8, 4) is 16.9 Å². The fraction of sp³-hybridized carbons (Fsp3) is 0.250. The topological polar surface area (TPSA) is 39.4 Å². The van der Waals surface area contributed by atoms with Crippen molar-refractivity contribution in [3.63, 3.8) is 0 Å². The minimum absolute atomic E-state index is 0.0968. The van der Waals surface area contributed by atoms with E-state index in [0.717, 1.165) is 22.3 Å². The Hall–Kier alpha value is -2.55. The SMILES string of the molecule is COc1ccc2oc(=O)cc(-c3ccc(C(C)(C)C)cc3)c2c1. The molecule has 3 nitrogen and oxygen atoms in total. The van der Waals surface area contributed by atoms with Crippen molar-refractivity contribution in [2.24, 2.45) is 0 Å². The number of fused-ring (bicyclic) bond motifs is 1. The lowest BCUT2D eigenvalue weighted by atomic mass is 9.86. The first kappa shape index (κ1) is 15.3. The summed E-state index contributed by atoms with van der Waals surface area (Å²) < 4.78 is 10.6. The molecule has 0 saturated carbocycles. The second kappa shape index (κ2) is 5.58. The van der Waals surface area contributed by atoms with Crippen molar-refractivity contribution in [1.29, 1.82) is 0 Å². The highest BCUT2D eigenvalue weighted by atomic mass is 16.5. The minimum Gasteiger partial charge on any atom is -0.497 e.